The summed E-state index contributed by atoms with van der Waals surface area (Å²) < 4.78 is 7.42. The second-order valence-electron chi connectivity index (χ2n) is 6.81. The predicted molar refractivity (Wildman–Crippen MR) is 88.8 cm³/mol. The molecule has 2 aliphatic rings. The minimum atomic E-state index is -1.04. The van der Waals surface area contributed by atoms with Crippen molar-refractivity contribution in [3.63, 3.8) is 0 Å². The van der Waals surface area contributed by atoms with Crippen molar-refractivity contribution in [3.8, 4) is 0 Å². The van der Waals surface area contributed by atoms with Crippen LogP contribution in [0.4, 0.5) is 5.82 Å². The SMILES string of the molecule is CC[C@H]1O[C@@H](n2cnc3c(N[C@@H]4CC[C@@H](O)C4)ncnc32)[C@H](O)[C@@H]1O. The predicted octanol–water partition coefficient (Wildman–Crippen LogP) is 0.181. The smallest absolute Gasteiger partial charge is 0.167 e. The maximum Gasteiger partial charge on any atom is 0.167 e. The van der Waals surface area contributed by atoms with E-state index in [0.717, 1.165) is 12.8 Å². The number of ether oxygens (including phenoxy) is 1. The Morgan fingerprint density at radius 3 is 2.72 bits per heavy atom. The fraction of sp³-hybridized carbons (Fsp3) is 0.688. The van der Waals surface area contributed by atoms with Crippen LogP contribution in [0.3, 0.4) is 0 Å². The number of rotatable bonds is 4. The van der Waals surface area contributed by atoms with Crippen molar-refractivity contribution in [2.24, 2.45) is 0 Å². The summed E-state index contributed by atoms with van der Waals surface area (Å²) >= 11 is 0. The normalized spacial score (nSPS) is 35.5. The molecular formula is C16H23N5O4. The molecule has 9 nitrogen and oxygen atoms in total. The van der Waals surface area contributed by atoms with Crippen molar-refractivity contribution in [2.75, 3.05) is 5.32 Å². The van der Waals surface area contributed by atoms with Gasteiger partial charge in [0.2, 0.25) is 0 Å². The molecular weight excluding hydrogens is 326 g/mol. The highest BCUT2D eigenvalue weighted by molar-refractivity contribution is 5.82. The minimum absolute atomic E-state index is 0.151. The Kier molecular flexibility index (Phi) is 4.32. The topological polar surface area (TPSA) is 126 Å². The van der Waals surface area contributed by atoms with Gasteiger partial charge in [0.25, 0.3) is 0 Å². The Bertz CT molecular complexity index is 753. The van der Waals surface area contributed by atoms with Gasteiger partial charge in [-0.2, -0.15) is 0 Å². The lowest BCUT2D eigenvalue weighted by Crippen LogP contribution is -2.31. The quantitative estimate of drug-likeness (QED) is 0.616. The lowest BCUT2D eigenvalue weighted by atomic mass is 10.1. The Balaban J connectivity index is 1.63. The number of fused-ring (bicyclic) bond motifs is 1. The summed E-state index contributed by atoms with van der Waals surface area (Å²) in [4.78, 5) is 12.9. The van der Waals surface area contributed by atoms with Crippen LogP contribution in [0.2, 0.25) is 0 Å². The molecule has 4 N–H and O–H groups in total. The van der Waals surface area contributed by atoms with Crippen LogP contribution in [-0.4, -0.2) is 65.3 Å². The van der Waals surface area contributed by atoms with E-state index >= 15 is 0 Å². The number of aliphatic hydroxyl groups excluding tert-OH is 3. The van der Waals surface area contributed by atoms with E-state index in [2.05, 4.69) is 20.3 Å². The summed E-state index contributed by atoms with van der Waals surface area (Å²) in [7, 11) is 0. The van der Waals surface area contributed by atoms with Gasteiger partial charge in [-0.15, -0.1) is 0 Å². The molecule has 2 fully saturated rings. The number of imidazole rings is 1. The van der Waals surface area contributed by atoms with E-state index in [1.165, 1.54) is 6.33 Å². The van der Waals surface area contributed by atoms with E-state index in [4.69, 9.17) is 4.74 Å². The van der Waals surface area contributed by atoms with Crippen molar-refractivity contribution < 1.29 is 20.1 Å². The Hall–Kier alpha value is -1.81. The number of aliphatic hydroxyl groups is 3. The van der Waals surface area contributed by atoms with Crippen LogP contribution in [-0.2, 0) is 4.74 Å². The lowest BCUT2D eigenvalue weighted by molar-refractivity contribution is -0.0355. The second kappa shape index (κ2) is 6.49. The third-order valence-electron chi connectivity index (χ3n) is 5.12. The molecule has 0 amide bonds. The molecule has 2 aromatic rings. The first kappa shape index (κ1) is 16.6. The molecule has 0 spiro atoms. The van der Waals surface area contributed by atoms with Crippen LogP contribution in [0.15, 0.2) is 12.7 Å². The van der Waals surface area contributed by atoms with Crippen LogP contribution in [0.5, 0.6) is 0 Å². The number of anilines is 1. The van der Waals surface area contributed by atoms with E-state index < -0.39 is 24.5 Å². The first-order valence-electron chi connectivity index (χ1n) is 8.72. The summed E-state index contributed by atoms with van der Waals surface area (Å²) in [5.41, 5.74) is 1.11. The van der Waals surface area contributed by atoms with Gasteiger partial charge in [0.05, 0.1) is 18.5 Å². The molecule has 6 atom stereocenters. The van der Waals surface area contributed by atoms with Crippen LogP contribution < -0.4 is 5.32 Å². The van der Waals surface area contributed by atoms with Gasteiger partial charge in [-0.05, 0) is 25.7 Å². The zero-order chi connectivity index (χ0) is 17.6. The van der Waals surface area contributed by atoms with Gasteiger partial charge in [0, 0.05) is 6.04 Å². The van der Waals surface area contributed by atoms with Gasteiger partial charge < -0.3 is 25.4 Å². The standard InChI is InChI=1S/C16H23N5O4/c1-2-10-12(23)13(24)16(25-10)21-7-19-11-14(17-6-18-15(11)21)20-8-3-4-9(22)5-8/h6-10,12-13,16,22-24H,2-5H2,1H3,(H,17,18,20)/t8-,9-,10-,12-,13-,16-/m1/s1. The van der Waals surface area contributed by atoms with E-state index in [1.807, 2.05) is 6.92 Å². The molecule has 0 radical (unpaired) electrons. The highest BCUT2D eigenvalue weighted by Crippen LogP contribution is 2.33. The van der Waals surface area contributed by atoms with Gasteiger partial charge in [-0.25, -0.2) is 15.0 Å². The average molecular weight is 349 g/mol. The highest BCUT2D eigenvalue weighted by Gasteiger charge is 2.43. The van der Waals surface area contributed by atoms with Crippen LogP contribution >= 0.6 is 0 Å². The largest absolute Gasteiger partial charge is 0.393 e. The molecule has 1 aliphatic carbocycles. The third-order valence-corrected chi connectivity index (χ3v) is 5.12. The molecule has 0 unspecified atom stereocenters. The van der Waals surface area contributed by atoms with Gasteiger partial charge >= 0.3 is 0 Å². The molecule has 136 valence electrons. The first-order chi connectivity index (χ1) is 12.1. The number of aromatic nitrogens is 4. The van der Waals surface area contributed by atoms with E-state index in [0.29, 0.717) is 29.8 Å². The van der Waals surface area contributed by atoms with Crippen LogP contribution in [0, 0.1) is 0 Å². The molecule has 1 aliphatic heterocycles. The molecule has 2 aromatic heterocycles. The van der Waals surface area contributed by atoms with E-state index in [9.17, 15) is 15.3 Å². The Morgan fingerprint density at radius 1 is 1.20 bits per heavy atom. The van der Waals surface area contributed by atoms with Crippen molar-refractivity contribution in [1.29, 1.82) is 0 Å². The number of nitrogens with one attached hydrogen (secondary N) is 1. The molecule has 1 saturated carbocycles. The summed E-state index contributed by atoms with van der Waals surface area (Å²) in [6.07, 6.45) is 2.51. The highest BCUT2D eigenvalue weighted by atomic mass is 16.6. The van der Waals surface area contributed by atoms with Crippen molar-refractivity contribution in [2.45, 2.75) is 69.3 Å². The fourth-order valence-corrected chi connectivity index (χ4v) is 3.72. The third kappa shape index (κ3) is 2.86. The number of nitrogens with zero attached hydrogens (tertiary/aromatic N) is 4. The van der Waals surface area contributed by atoms with Gasteiger partial charge in [-0.3, -0.25) is 4.57 Å². The summed E-state index contributed by atoms with van der Waals surface area (Å²) in [5.74, 6) is 0.600. The second-order valence-corrected chi connectivity index (χ2v) is 6.81. The Labute approximate surface area is 144 Å². The van der Waals surface area contributed by atoms with Crippen LogP contribution in [0.1, 0.15) is 38.8 Å². The van der Waals surface area contributed by atoms with Crippen molar-refractivity contribution in [3.05, 3.63) is 12.7 Å². The maximum absolute atomic E-state index is 10.3. The molecule has 0 aromatic carbocycles. The lowest BCUT2D eigenvalue weighted by Gasteiger charge is -2.17. The zero-order valence-corrected chi connectivity index (χ0v) is 14.0. The molecule has 0 bridgehead atoms. The number of hydrogen-bond donors (Lipinski definition) is 4. The number of hydrogen-bond acceptors (Lipinski definition) is 8. The summed E-state index contributed by atoms with van der Waals surface area (Å²) in [5, 5.41) is 33.4. The van der Waals surface area contributed by atoms with Crippen molar-refractivity contribution in [1.82, 2.24) is 19.5 Å². The van der Waals surface area contributed by atoms with Gasteiger partial charge in [0.1, 0.15) is 18.5 Å². The monoisotopic (exact) mass is 349 g/mol. The van der Waals surface area contributed by atoms with Gasteiger partial charge in [0.15, 0.2) is 23.2 Å². The zero-order valence-electron chi connectivity index (χ0n) is 14.0. The van der Waals surface area contributed by atoms with Crippen LogP contribution in [0.25, 0.3) is 11.2 Å². The molecule has 4 rings (SSSR count). The Morgan fingerprint density at radius 2 is 2.04 bits per heavy atom. The molecule has 9 heteroatoms. The van der Waals surface area contributed by atoms with Crippen molar-refractivity contribution >= 4 is 17.0 Å². The summed E-state index contributed by atoms with van der Waals surface area (Å²) in [6, 6.07) is 0.151. The first-order valence-corrected chi connectivity index (χ1v) is 8.72. The minimum Gasteiger partial charge on any atom is -0.393 e. The molecule has 1 saturated heterocycles. The average Bonchev–Trinajstić information content (AvgIpc) is 3.28. The molecule has 25 heavy (non-hydrogen) atoms. The van der Waals surface area contributed by atoms with E-state index in [1.54, 1.807) is 10.9 Å². The fourth-order valence-electron chi connectivity index (χ4n) is 3.72. The van der Waals surface area contributed by atoms with Gasteiger partial charge in [-0.1, -0.05) is 6.92 Å². The van der Waals surface area contributed by atoms with E-state index in [-0.39, 0.29) is 12.1 Å². The summed E-state index contributed by atoms with van der Waals surface area (Å²) in [6.45, 7) is 1.90. The molecule has 3 heterocycles. The maximum atomic E-state index is 10.3.